The van der Waals surface area contributed by atoms with Gasteiger partial charge < -0.3 is 9.84 Å². The Kier molecular flexibility index (Phi) is 4.94. The van der Waals surface area contributed by atoms with Crippen LogP contribution in [0.5, 0.6) is 0 Å². The van der Waals surface area contributed by atoms with Crippen LogP contribution in [-0.2, 0) is 9.53 Å². The molecule has 0 spiro atoms. The molecule has 0 heterocycles. The minimum atomic E-state index is -0.689. The molecule has 14 heavy (non-hydrogen) atoms. The van der Waals surface area contributed by atoms with E-state index in [9.17, 15) is 4.79 Å². The second-order valence-corrected chi connectivity index (χ2v) is 3.93. The smallest absolute Gasteiger partial charge is 0.309 e. The fourth-order valence-corrected chi connectivity index (χ4v) is 2.15. The molecule has 3 nitrogen and oxygen atoms in total. The van der Waals surface area contributed by atoms with Crippen molar-refractivity contribution in [2.24, 2.45) is 5.92 Å². The van der Waals surface area contributed by atoms with Crippen molar-refractivity contribution in [1.82, 2.24) is 0 Å². The van der Waals surface area contributed by atoms with Gasteiger partial charge in [0.25, 0.3) is 0 Å². The number of carboxylic acid groups (broad SMARTS) is 1. The zero-order chi connectivity index (χ0) is 10.4. The van der Waals surface area contributed by atoms with E-state index in [-0.39, 0.29) is 12.0 Å². The van der Waals surface area contributed by atoms with Crippen LogP contribution in [0.25, 0.3) is 0 Å². The summed E-state index contributed by atoms with van der Waals surface area (Å²) < 4.78 is 5.51. The van der Waals surface area contributed by atoms with Crippen molar-refractivity contribution in [3.8, 4) is 0 Å². The molecule has 1 aliphatic rings. The Morgan fingerprint density at radius 3 is 2.50 bits per heavy atom. The van der Waals surface area contributed by atoms with E-state index in [1.165, 1.54) is 12.8 Å². The van der Waals surface area contributed by atoms with Crippen LogP contribution in [0.15, 0.2) is 0 Å². The highest BCUT2D eigenvalue weighted by molar-refractivity contribution is 5.70. The van der Waals surface area contributed by atoms with E-state index in [0.717, 1.165) is 25.7 Å². The minimum absolute atomic E-state index is 0.0576. The number of carboxylic acids is 1. The van der Waals surface area contributed by atoms with E-state index in [1.807, 2.05) is 6.92 Å². The molecule has 0 radical (unpaired) electrons. The molecule has 1 N–H and O–H groups in total. The van der Waals surface area contributed by atoms with Crippen LogP contribution in [0, 0.1) is 5.92 Å². The first kappa shape index (κ1) is 11.5. The molecule has 82 valence electrons. The van der Waals surface area contributed by atoms with Gasteiger partial charge in [-0.25, -0.2) is 0 Å². The molecule has 1 rings (SSSR count). The maximum atomic E-state index is 11.0. The third-order valence-corrected chi connectivity index (χ3v) is 2.90. The highest BCUT2D eigenvalue weighted by Gasteiger charge is 2.28. The average molecular weight is 200 g/mol. The number of hydrogen-bond acceptors (Lipinski definition) is 2. The van der Waals surface area contributed by atoms with Crippen LogP contribution in [0.4, 0.5) is 0 Å². The second-order valence-electron chi connectivity index (χ2n) is 3.93. The van der Waals surface area contributed by atoms with E-state index >= 15 is 0 Å². The van der Waals surface area contributed by atoms with Crippen LogP contribution < -0.4 is 0 Å². The predicted molar refractivity (Wildman–Crippen MR) is 54.2 cm³/mol. The summed E-state index contributed by atoms with van der Waals surface area (Å²) in [5, 5.41) is 9.07. The van der Waals surface area contributed by atoms with Crippen LogP contribution in [0.1, 0.15) is 45.4 Å². The summed E-state index contributed by atoms with van der Waals surface area (Å²) in [5.41, 5.74) is 0. The first-order chi connectivity index (χ1) is 6.75. The third kappa shape index (κ3) is 3.29. The number of rotatable bonds is 3. The predicted octanol–water partition coefficient (Wildman–Crippen LogP) is 2.45. The molecule has 0 amide bonds. The highest BCUT2D eigenvalue weighted by Crippen LogP contribution is 2.25. The van der Waals surface area contributed by atoms with E-state index in [2.05, 4.69) is 0 Å². The molecule has 0 aromatic heterocycles. The molecular weight excluding hydrogens is 180 g/mol. The van der Waals surface area contributed by atoms with E-state index in [0.29, 0.717) is 6.61 Å². The molecule has 1 aliphatic carbocycles. The van der Waals surface area contributed by atoms with Crippen molar-refractivity contribution in [1.29, 1.82) is 0 Å². The van der Waals surface area contributed by atoms with Gasteiger partial charge in [0, 0.05) is 6.61 Å². The SMILES string of the molecule is CCOC1CCCCCCC1C(=O)O. The summed E-state index contributed by atoms with van der Waals surface area (Å²) >= 11 is 0. The van der Waals surface area contributed by atoms with Crippen LogP contribution in [-0.4, -0.2) is 23.8 Å². The molecule has 0 aromatic carbocycles. The van der Waals surface area contributed by atoms with E-state index < -0.39 is 5.97 Å². The van der Waals surface area contributed by atoms with Gasteiger partial charge in [-0.05, 0) is 19.8 Å². The summed E-state index contributed by atoms with van der Waals surface area (Å²) in [6.45, 7) is 2.55. The summed E-state index contributed by atoms with van der Waals surface area (Å²) in [7, 11) is 0. The normalized spacial score (nSPS) is 29.2. The molecule has 1 saturated carbocycles. The number of hydrogen-bond donors (Lipinski definition) is 1. The van der Waals surface area contributed by atoms with E-state index in [1.54, 1.807) is 0 Å². The van der Waals surface area contributed by atoms with Crippen molar-refractivity contribution >= 4 is 5.97 Å². The molecular formula is C11H20O3. The van der Waals surface area contributed by atoms with Gasteiger partial charge in [0.1, 0.15) is 0 Å². The monoisotopic (exact) mass is 200 g/mol. The second kappa shape index (κ2) is 6.02. The average Bonchev–Trinajstić information content (AvgIpc) is 2.09. The van der Waals surface area contributed by atoms with E-state index in [4.69, 9.17) is 9.84 Å². The standard InChI is InChI=1S/C11H20O3/c1-2-14-10-8-6-4-3-5-7-9(10)11(12)13/h9-10H,2-8H2,1H3,(H,12,13). The molecule has 0 saturated heterocycles. The van der Waals surface area contributed by atoms with Crippen molar-refractivity contribution < 1.29 is 14.6 Å². The van der Waals surface area contributed by atoms with Gasteiger partial charge in [-0.15, -0.1) is 0 Å². The Morgan fingerprint density at radius 2 is 1.93 bits per heavy atom. The Bertz CT molecular complexity index is 179. The molecule has 0 aliphatic heterocycles. The van der Waals surface area contributed by atoms with Gasteiger partial charge >= 0.3 is 5.97 Å². The fraction of sp³-hybridized carbons (Fsp3) is 0.909. The summed E-state index contributed by atoms with van der Waals surface area (Å²) in [6.07, 6.45) is 6.15. The van der Waals surface area contributed by atoms with Gasteiger partial charge in [-0.3, -0.25) is 4.79 Å². The maximum absolute atomic E-state index is 11.0. The van der Waals surface area contributed by atoms with Gasteiger partial charge in [0.05, 0.1) is 12.0 Å². The summed E-state index contributed by atoms with van der Waals surface area (Å²) in [5.74, 6) is -0.972. The van der Waals surface area contributed by atoms with Crippen molar-refractivity contribution in [3.63, 3.8) is 0 Å². The summed E-state index contributed by atoms with van der Waals surface area (Å²) in [4.78, 5) is 11.0. The van der Waals surface area contributed by atoms with Gasteiger partial charge in [0.2, 0.25) is 0 Å². The fourth-order valence-electron chi connectivity index (χ4n) is 2.15. The molecule has 3 heteroatoms. The molecule has 0 aromatic rings. The molecule has 0 bridgehead atoms. The number of aliphatic carboxylic acids is 1. The maximum Gasteiger partial charge on any atom is 0.309 e. The van der Waals surface area contributed by atoms with Crippen molar-refractivity contribution in [2.75, 3.05) is 6.61 Å². The Morgan fingerprint density at radius 1 is 1.29 bits per heavy atom. The minimum Gasteiger partial charge on any atom is -0.481 e. The van der Waals surface area contributed by atoms with Crippen molar-refractivity contribution in [2.45, 2.75) is 51.6 Å². The first-order valence-electron chi connectivity index (χ1n) is 5.60. The quantitative estimate of drug-likeness (QED) is 0.761. The van der Waals surface area contributed by atoms with Crippen LogP contribution in [0.2, 0.25) is 0 Å². The summed E-state index contributed by atoms with van der Waals surface area (Å²) in [6, 6.07) is 0. The molecule has 2 atom stereocenters. The Labute approximate surface area is 85.5 Å². The van der Waals surface area contributed by atoms with Crippen LogP contribution in [0.3, 0.4) is 0 Å². The topological polar surface area (TPSA) is 46.5 Å². The highest BCUT2D eigenvalue weighted by atomic mass is 16.5. The zero-order valence-electron chi connectivity index (χ0n) is 8.87. The molecule has 1 fully saturated rings. The lowest BCUT2D eigenvalue weighted by molar-refractivity contribution is -0.148. The lowest BCUT2D eigenvalue weighted by Gasteiger charge is -2.25. The lowest BCUT2D eigenvalue weighted by Crippen LogP contribution is -2.31. The number of carbonyl (C=O) groups is 1. The first-order valence-corrected chi connectivity index (χ1v) is 5.60. The molecule has 2 unspecified atom stereocenters. The Balaban J connectivity index is 2.55. The van der Waals surface area contributed by atoms with Gasteiger partial charge in [0.15, 0.2) is 0 Å². The van der Waals surface area contributed by atoms with Gasteiger partial charge in [-0.1, -0.05) is 25.7 Å². The third-order valence-electron chi connectivity index (χ3n) is 2.90. The zero-order valence-corrected chi connectivity index (χ0v) is 8.87. The Hall–Kier alpha value is -0.570. The number of ether oxygens (including phenoxy) is 1. The largest absolute Gasteiger partial charge is 0.481 e. The van der Waals surface area contributed by atoms with Gasteiger partial charge in [-0.2, -0.15) is 0 Å². The van der Waals surface area contributed by atoms with Crippen molar-refractivity contribution in [3.05, 3.63) is 0 Å². The van der Waals surface area contributed by atoms with Crippen LogP contribution >= 0.6 is 0 Å². The lowest BCUT2D eigenvalue weighted by atomic mass is 9.88.